The third-order valence-corrected chi connectivity index (χ3v) is 3.07. The number of hydrogen-bond donors (Lipinski definition) is 2. The van der Waals surface area contributed by atoms with E-state index in [9.17, 15) is 4.79 Å². The molecule has 0 saturated heterocycles. The number of benzene rings is 1. The molecule has 106 valence electrons. The lowest BCUT2D eigenvalue weighted by Crippen LogP contribution is -2.38. The molecule has 4 nitrogen and oxygen atoms in total. The molecule has 6 heteroatoms. The summed E-state index contributed by atoms with van der Waals surface area (Å²) < 4.78 is 4.91. The lowest BCUT2D eigenvalue weighted by Gasteiger charge is -2.16. The number of ether oxygens (including phenoxy) is 1. The molecule has 1 amide bonds. The van der Waals surface area contributed by atoms with E-state index in [0.29, 0.717) is 28.9 Å². The molecule has 0 fully saturated rings. The highest BCUT2D eigenvalue weighted by Crippen LogP contribution is 2.25. The number of hydrogen-bond acceptors (Lipinski definition) is 3. The van der Waals surface area contributed by atoms with Gasteiger partial charge >= 0.3 is 0 Å². The highest BCUT2D eigenvalue weighted by atomic mass is 35.5. The van der Waals surface area contributed by atoms with Crippen molar-refractivity contribution >= 4 is 34.8 Å². The number of carbonyl (C=O) groups is 1. The van der Waals surface area contributed by atoms with Gasteiger partial charge in [0.1, 0.15) is 6.04 Å². The minimum Gasteiger partial charge on any atom is -0.385 e. The van der Waals surface area contributed by atoms with Crippen molar-refractivity contribution in [1.29, 1.82) is 0 Å². The van der Waals surface area contributed by atoms with Gasteiger partial charge in [-0.1, -0.05) is 23.2 Å². The monoisotopic (exact) mass is 304 g/mol. The first kappa shape index (κ1) is 16.1. The summed E-state index contributed by atoms with van der Waals surface area (Å²) in [5.74, 6) is -0.0814. The molecule has 0 aliphatic carbocycles. The SMILES string of the molecule is COCCCNC(=O)C(C)Nc1ccc(Cl)cc1Cl. The van der Waals surface area contributed by atoms with Gasteiger partial charge < -0.3 is 15.4 Å². The largest absolute Gasteiger partial charge is 0.385 e. The first-order valence-corrected chi connectivity index (χ1v) is 6.78. The molecule has 0 bridgehead atoms. The first-order valence-electron chi connectivity index (χ1n) is 6.03. The van der Waals surface area contributed by atoms with Gasteiger partial charge in [-0.25, -0.2) is 0 Å². The summed E-state index contributed by atoms with van der Waals surface area (Å²) in [6.07, 6.45) is 0.788. The van der Waals surface area contributed by atoms with Crippen molar-refractivity contribution in [2.24, 2.45) is 0 Å². The van der Waals surface area contributed by atoms with Crippen LogP contribution < -0.4 is 10.6 Å². The Kier molecular flexibility index (Phi) is 6.99. The maximum atomic E-state index is 11.8. The van der Waals surface area contributed by atoms with Gasteiger partial charge in [0.25, 0.3) is 0 Å². The minimum atomic E-state index is -0.374. The number of rotatable bonds is 7. The molecule has 0 aliphatic heterocycles. The van der Waals surface area contributed by atoms with Crippen molar-refractivity contribution < 1.29 is 9.53 Å². The molecule has 0 saturated carbocycles. The minimum absolute atomic E-state index is 0.0814. The van der Waals surface area contributed by atoms with Gasteiger partial charge in [0.2, 0.25) is 5.91 Å². The van der Waals surface area contributed by atoms with E-state index in [4.69, 9.17) is 27.9 Å². The van der Waals surface area contributed by atoms with E-state index >= 15 is 0 Å². The van der Waals surface area contributed by atoms with E-state index in [-0.39, 0.29) is 11.9 Å². The van der Waals surface area contributed by atoms with E-state index in [1.54, 1.807) is 32.2 Å². The Morgan fingerprint density at radius 1 is 1.42 bits per heavy atom. The van der Waals surface area contributed by atoms with Crippen LogP contribution in [0.1, 0.15) is 13.3 Å². The molecule has 1 aromatic rings. The highest BCUT2D eigenvalue weighted by Gasteiger charge is 2.13. The predicted molar refractivity (Wildman–Crippen MR) is 79.0 cm³/mol. The lowest BCUT2D eigenvalue weighted by molar-refractivity contribution is -0.121. The van der Waals surface area contributed by atoms with Crippen LogP contribution in [0.15, 0.2) is 18.2 Å². The standard InChI is InChI=1S/C13H18Cl2N2O2/c1-9(13(18)16-6-3-7-19-2)17-12-5-4-10(14)8-11(12)15/h4-5,8-9,17H,3,6-7H2,1-2H3,(H,16,18). The van der Waals surface area contributed by atoms with Crippen LogP contribution in [0.2, 0.25) is 10.0 Å². The lowest BCUT2D eigenvalue weighted by atomic mass is 10.2. The Morgan fingerprint density at radius 3 is 2.79 bits per heavy atom. The zero-order valence-electron chi connectivity index (χ0n) is 11.0. The molecule has 0 aromatic heterocycles. The zero-order valence-corrected chi connectivity index (χ0v) is 12.5. The Labute approximate surface area is 123 Å². The fourth-order valence-electron chi connectivity index (χ4n) is 1.49. The third kappa shape index (κ3) is 5.68. The van der Waals surface area contributed by atoms with Crippen LogP contribution in [-0.2, 0) is 9.53 Å². The topological polar surface area (TPSA) is 50.4 Å². The highest BCUT2D eigenvalue weighted by molar-refractivity contribution is 6.36. The number of methoxy groups -OCH3 is 1. The quantitative estimate of drug-likeness (QED) is 0.762. The fraction of sp³-hybridized carbons (Fsp3) is 0.462. The Balaban J connectivity index is 2.45. The molecule has 0 aliphatic rings. The number of amides is 1. The average Bonchev–Trinajstić information content (AvgIpc) is 2.37. The van der Waals surface area contributed by atoms with E-state index in [1.807, 2.05) is 0 Å². The van der Waals surface area contributed by atoms with Crippen molar-refractivity contribution in [1.82, 2.24) is 5.32 Å². The number of halogens is 2. The first-order chi connectivity index (χ1) is 9.04. The summed E-state index contributed by atoms with van der Waals surface area (Å²) in [5.41, 5.74) is 0.686. The van der Waals surface area contributed by atoms with Gasteiger partial charge in [0, 0.05) is 25.3 Å². The molecule has 1 unspecified atom stereocenters. The Bertz CT molecular complexity index is 427. The summed E-state index contributed by atoms with van der Waals surface area (Å²) in [5, 5.41) is 6.92. The second-order valence-corrected chi connectivity index (χ2v) is 4.97. The van der Waals surface area contributed by atoms with Crippen molar-refractivity contribution in [2.45, 2.75) is 19.4 Å². The maximum absolute atomic E-state index is 11.8. The molecule has 19 heavy (non-hydrogen) atoms. The third-order valence-electron chi connectivity index (χ3n) is 2.52. The summed E-state index contributed by atoms with van der Waals surface area (Å²) >= 11 is 11.8. The summed E-state index contributed by atoms with van der Waals surface area (Å²) in [4.78, 5) is 11.8. The second kappa shape index (κ2) is 8.25. The van der Waals surface area contributed by atoms with Crippen molar-refractivity contribution in [3.63, 3.8) is 0 Å². The van der Waals surface area contributed by atoms with E-state index in [0.717, 1.165) is 6.42 Å². The number of carbonyl (C=O) groups excluding carboxylic acids is 1. The van der Waals surface area contributed by atoms with Gasteiger partial charge in [0.15, 0.2) is 0 Å². The smallest absolute Gasteiger partial charge is 0.242 e. The zero-order chi connectivity index (χ0) is 14.3. The number of anilines is 1. The molecule has 2 N–H and O–H groups in total. The van der Waals surface area contributed by atoms with Crippen molar-refractivity contribution in [3.05, 3.63) is 28.2 Å². The molecule has 0 spiro atoms. The second-order valence-electron chi connectivity index (χ2n) is 4.13. The predicted octanol–water partition coefficient (Wildman–Crippen LogP) is 2.95. The van der Waals surface area contributed by atoms with Gasteiger partial charge in [-0.15, -0.1) is 0 Å². The molecule has 1 aromatic carbocycles. The molecular weight excluding hydrogens is 287 g/mol. The van der Waals surface area contributed by atoms with E-state index in [2.05, 4.69) is 10.6 Å². The van der Waals surface area contributed by atoms with Crippen molar-refractivity contribution in [3.8, 4) is 0 Å². The van der Waals surface area contributed by atoms with Crippen LogP contribution in [0.25, 0.3) is 0 Å². The van der Waals surface area contributed by atoms with E-state index in [1.165, 1.54) is 0 Å². The van der Waals surface area contributed by atoms with Crippen LogP contribution in [0, 0.1) is 0 Å². The molecule has 0 heterocycles. The Hall–Kier alpha value is -0.970. The van der Waals surface area contributed by atoms with Crippen molar-refractivity contribution in [2.75, 3.05) is 25.6 Å². The average molecular weight is 305 g/mol. The number of nitrogens with one attached hydrogen (secondary N) is 2. The van der Waals surface area contributed by atoms with Gasteiger partial charge in [-0.3, -0.25) is 4.79 Å². The fourth-order valence-corrected chi connectivity index (χ4v) is 1.95. The van der Waals surface area contributed by atoms with E-state index < -0.39 is 0 Å². The van der Waals surface area contributed by atoms with Crippen LogP contribution >= 0.6 is 23.2 Å². The van der Waals surface area contributed by atoms with Crippen LogP contribution in [0.3, 0.4) is 0 Å². The summed E-state index contributed by atoms with van der Waals surface area (Å²) in [6.45, 7) is 2.99. The van der Waals surface area contributed by atoms with Crippen LogP contribution in [0.5, 0.6) is 0 Å². The molecule has 1 rings (SSSR count). The maximum Gasteiger partial charge on any atom is 0.242 e. The van der Waals surface area contributed by atoms with Crippen LogP contribution in [-0.4, -0.2) is 32.2 Å². The molecule has 0 radical (unpaired) electrons. The molecule has 1 atom stereocenters. The van der Waals surface area contributed by atoms with Gasteiger partial charge in [0.05, 0.1) is 10.7 Å². The van der Waals surface area contributed by atoms with Crippen LogP contribution in [0.4, 0.5) is 5.69 Å². The van der Waals surface area contributed by atoms with Gasteiger partial charge in [-0.05, 0) is 31.5 Å². The Morgan fingerprint density at radius 2 is 2.16 bits per heavy atom. The summed E-state index contributed by atoms with van der Waals surface area (Å²) in [6, 6.07) is 4.73. The summed E-state index contributed by atoms with van der Waals surface area (Å²) in [7, 11) is 1.63. The van der Waals surface area contributed by atoms with Gasteiger partial charge in [-0.2, -0.15) is 0 Å². The normalized spacial score (nSPS) is 12.0. The molecular formula is C13H18Cl2N2O2.